The molecule has 0 spiro atoms. The second kappa shape index (κ2) is 6.43. The molecule has 2 aromatic rings. The Morgan fingerprint density at radius 3 is 2.68 bits per heavy atom. The summed E-state index contributed by atoms with van der Waals surface area (Å²) in [5.74, 6) is -0.685. The number of aromatic amines is 1. The number of aliphatic carboxylic acids is 1. The van der Waals surface area contributed by atoms with Gasteiger partial charge in [0.2, 0.25) is 0 Å². The van der Waals surface area contributed by atoms with Gasteiger partial charge in [0, 0.05) is 23.5 Å². The monoisotopic (exact) mass is 301 g/mol. The summed E-state index contributed by atoms with van der Waals surface area (Å²) in [7, 11) is 0. The Balaban J connectivity index is 2.40. The third-order valence-corrected chi connectivity index (χ3v) is 3.51. The SMILES string of the molecule is CCc1cc(-c2ncc[nH]2)cc(C)c1C(=O)NC(C)C(=O)O. The van der Waals surface area contributed by atoms with E-state index in [-0.39, 0.29) is 5.91 Å². The summed E-state index contributed by atoms with van der Waals surface area (Å²) in [6, 6.07) is 2.85. The fourth-order valence-electron chi connectivity index (χ4n) is 2.35. The minimum Gasteiger partial charge on any atom is -0.480 e. The van der Waals surface area contributed by atoms with Gasteiger partial charge in [0.25, 0.3) is 5.91 Å². The van der Waals surface area contributed by atoms with Gasteiger partial charge in [-0.3, -0.25) is 9.59 Å². The van der Waals surface area contributed by atoms with Crippen molar-refractivity contribution >= 4 is 11.9 Å². The zero-order chi connectivity index (χ0) is 16.3. The van der Waals surface area contributed by atoms with E-state index in [2.05, 4.69) is 15.3 Å². The molecule has 1 amide bonds. The van der Waals surface area contributed by atoms with Crippen molar-refractivity contribution < 1.29 is 14.7 Å². The maximum absolute atomic E-state index is 12.4. The highest BCUT2D eigenvalue weighted by atomic mass is 16.4. The molecule has 0 bridgehead atoms. The molecule has 116 valence electrons. The minimum atomic E-state index is -1.06. The van der Waals surface area contributed by atoms with Crippen LogP contribution in [-0.2, 0) is 11.2 Å². The zero-order valence-corrected chi connectivity index (χ0v) is 12.8. The predicted molar refractivity (Wildman–Crippen MR) is 82.7 cm³/mol. The van der Waals surface area contributed by atoms with Crippen molar-refractivity contribution in [1.82, 2.24) is 15.3 Å². The number of nitrogens with one attached hydrogen (secondary N) is 2. The van der Waals surface area contributed by atoms with E-state index < -0.39 is 12.0 Å². The average Bonchev–Trinajstić information content (AvgIpc) is 3.00. The van der Waals surface area contributed by atoms with Crippen LogP contribution in [0.2, 0.25) is 0 Å². The first kappa shape index (κ1) is 15.8. The molecular formula is C16H19N3O3. The second-order valence-electron chi connectivity index (χ2n) is 5.15. The smallest absolute Gasteiger partial charge is 0.325 e. The lowest BCUT2D eigenvalue weighted by Crippen LogP contribution is -2.39. The first-order valence-corrected chi connectivity index (χ1v) is 7.11. The van der Waals surface area contributed by atoms with E-state index in [1.54, 1.807) is 12.4 Å². The molecule has 22 heavy (non-hydrogen) atoms. The Hall–Kier alpha value is -2.63. The van der Waals surface area contributed by atoms with Crippen molar-refractivity contribution in [2.75, 3.05) is 0 Å². The van der Waals surface area contributed by atoms with Crippen LogP contribution in [0, 0.1) is 6.92 Å². The van der Waals surface area contributed by atoms with Crippen molar-refractivity contribution in [2.24, 2.45) is 0 Å². The molecule has 0 aliphatic heterocycles. The quantitative estimate of drug-likeness (QED) is 0.788. The predicted octanol–water partition coefficient (Wildman–Crippen LogP) is 2.15. The van der Waals surface area contributed by atoms with E-state index in [0.29, 0.717) is 12.0 Å². The number of hydrogen-bond acceptors (Lipinski definition) is 3. The molecule has 6 nitrogen and oxygen atoms in total. The van der Waals surface area contributed by atoms with Gasteiger partial charge in [-0.15, -0.1) is 0 Å². The van der Waals surface area contributed by atoms with Crippen LogP contribution in [0.15, 0.2) is 24.5 Å². The molecule has 6 heteroatoms. The summed E-state index contributed by atoms with van der Waals surface area (Å²) in [5, 5.41) is 11.4. The highest BCUT2D eigenvalue weighted by molar-refractivity contribution is 5.99. The number of rotatable bonds is 5. The number of carbonyl (C=O) groups excluding carboxylic acids is 1. The number of nitrogens with zero attached hydrogens (tertiary/aromatic N) is 1. The third kappa shape index (κ3) is 3.16. The molecule has 1 heterocycles. The normalized spacial score (nSPS) is 12.0. The topological polar surface area (TPSA) is 95.1 Å². The van der Waals surface area contributed by atoms with Crippen LogP contribution < -0.4 is 5.32 Å². The van der Waals surface area contributed by atoms with Crippen LogP contribution in [0.25, 0.3) is 11.4 Å². The molecule has 0 saturated carbocycles. The highest BCUT2D eigenvalue weighted by Gasteiger charge is 2.20. The molecule has 2 rings (SSSR count). The number of amides is 1. The van der Waals surface area contributed by atoms with Gasteiger partial charge < -0.3 is 15.4 Å². The van der Waals surface area contributed by atoms with E-state index in [4.69, 9.17) is 5.11 Å². The number of aromatic nitrogens is 2. The summed E-state index contributed by atoms with van der Waals surface area (Å²) >= 11 is 0. The first-order valence-electron chi connectivity index (χ1n) is 7.11. The fraction of sp³-hybridized carbons (Fsp3) is 0.312. The molecule has 1 aromatic carbocycles. The number of benzene rings is 1. The van der Waals surface area contributed by atoms with E-state index in [1.807, 2.05) is 26.0 Å². The number of carboxylic acid groups (broad SMARTS) is 1. The number of hydrogen-bond donors (Lipinski definition) is 3. The molecular weight excluding hydrogens is 282 g/mol. The van der Waals surface area contributed by atoms with Gasteiger partial charge in [0.1, 0.15) is 11.9 Å². The van der Waals surface area contributed by atoms with E-state index in [1.165, 1.54) is 6.92 Å². The van der Waals surface area contributed by atoms with Crippen molar-refractivity contribution in [2.45, 2.75) is 33.2 Å². The lowest BCUT2D eigenvalue weighted by molar-refractivity contribution is -0.138. The number of aryl methyl sites for hydroxylation is 2. The van der Waals surface area contributed by atoms with Crippen molar-refractivity contribution in [3.8, 4) is 11.4 Å². The highest BCUT2D eigenvalue weighted by Crippen LogP contribution is 2.24. The fourth-order valence-corrected chi connectivity index (χ4v) is 2.35. The standard InChI is InChI=1S/C16H19N3O3/c1-4-11-8-12(14-17-5-6-18-14)7-9(2)13(11)15(20)19-10(3)16(21)22/h5-8,10H,4H2,1-3H3,(H,17,18)(H,19,20)(H,21,22). The molecule has 0 radical (unpaired) electrons. The van der Waals surface area contributed by atoms with Crippen LogP contribution in [0.1, 0.15) is 35.3 Å². The summed E-state index contributed by atoms with van der Waals surface area (Å²) in [6.07, 6.45) is 4.08. The van der Waals surface area contributed by atoms with Gasteiger partial charge in [-0.2, -0.15) is 0 Å². The molecule has 3 N–H and O–H groups in total. The van der Waals surface area contributed by atoms with Gasteiger partial charge >= 0.3 is 5.97 Å². The molecule has 0 fully saturated rings. The molecule has 1 unspecified atom stereocenters. The largest absolute Gasteiger partial charge is 0.480 e. The Morgan fingerprint density at radius 2 is 2.14 bits per heavy atom. The Kier molecular flexibility index (Phi) is 4.60. The lowest BCUT2D eigenvalue weighted by Gasteiger charge is -2.15. The third-order valence-electron chi connectivity index (χ3n) is 3.51. The van der Waals surface area contributed by atoms with Crippen LogP contribution in [-0.4, -0.2) is 33.0 Å². The lowest BCUT2D eigenvalue weighted by atomic mass is 9.95. The Bertz CT molecular complexity index is 693. The van der Waals surface area contributed by atoms with Crippen LogP contribution in [0.4, 0.5) is 0 Å². The van der Waals surface area contributed by atoms with Crippen LogP contribution in [0.5, 0.6) is 0 Å². The van der Waals surface area contributed by atoms with Gasteiger partial charge in [-0.05, 0) is 43.5 Å². The van der Waals surface area contributed by atoms with Crippen molar-refractivity contribution in [3.63, 3.8) is 0 Å². The number of carboxylic acids is 1. The molecule has 0 aliphatic rings. The van der Waals surface area contributed by atoms with E-state index in [9.17, 15) is 9.59 Å². The van der Waals surface area contributed by atoms with Gasteiger partial charge in [0.05, 0.1) is 0 Å². The van der Waals surface area contributed by atoms with E-state index >= 15 is 0 Å². The summed E-state index contributed by atoms with van der Waals surface area (Å²) in [5.41, 5.74) is 3.09. The minimum absolute atomic E-state index is 0.366. The van der Waals surface area contributed by atoms with E-state index in [0.717, 1.165) is 22.5 Å². The Labute approximate surface area is 128 Å². The first-order chi connectivity index (χ1) is 10.4. The van der Waals surface area contributed by atoms with Gasteiger partial charge in [-0.25, -0.2) is 4.98 Å². The van der Waals surface area contributed by atoms with Gasteiger partial charge in [0.15, 0.2) is 0 Å². The average molecular weight is 301 g/mol. The van der Waals surface area contributed by atoms with Crippen molar-refractivity contribution in [1.29, 1.82) is 0 Å². The van der Waals surface area contributed by atoms with Crippen LogP contribution >= 0.6 is 0 Å². The molecule has 1 aromatic heterocycles. The summed E-state index contributed by atoms with van der Waals surface area (Å²) in [4.78, 5) is 30.5. The summed E-state index contributed by atoms with van der Waals surface area (Å²) < 4.78 is 0. The molecule has 0 saturated heterocycles. The van der Waals surface area contributed by atoms with Gasteiger partial charge in [-0.1, -0.05) is 6.92 Å². The maximum atomic E-state index is 12.4. The summed E-state index contributed by atoms with van der Waals surface area (Å²) in [6.45, 7) is 5.24. The zero-order valence-electron chi connectivity index (χ0n) is 12.8. The number of imidazole rings is 1. The van der Waals surface area contributed by atoms with Crippen molar-refractivity contribution in [3.05, 3.63) is 41.2 Å². The Morgan fingerprint density at radius 1 is 1.41 bits per heavy atom. The number of carbonyl (C=O) groups is 2. The second-order valence-corrected chi connectivity index (χ2v) is 5.15. The van der Waals surface area contributed by atoms with Crippen LogP contribution in [0.3, 0.4) is 0 Å². The molecule has 0 aliphatic carbocycles. The maximum Gasteiger partial charge on any atom is 0.325 e. The molecule has 1 atom stereocenters. The number of H-pyrrole nitrogens is 1.